The lowest BCUT2D eigenvalue weighted by atomic mass is 10.0. The maximum atomic E-state index is 12.2. The molecule has 8 nitrogen and oxygen atoms in total. The van der Waals surface area contributed by atoms with Crippen LogP contribution in [0.25, 0.3) is 0 Å². The van der Waals surface area contributed by atoms with Crippen molar-refractivity contribution >= 4 is 35.0 Å². The molecule has 1 aromatic carbocycles. The highest BCUT2D eigenvalue weighted by Crippen LogP contribution is 2.25. The minimum absolute atomic E-state index is 0.0713. The predicted molar refractivity (Wildman–Crippen MR) is 86.2 cm³/mol. The number of nitrogens with one attached hydrogen (secondary N) is 2. The maximum Gasteiger partial charge on any atom is 0.313 e. The minimum Gasteiger partial charge on any atom is -0.342 e. The number of piperazine rings is 1. The van der Waals surface area contributed by atoms with Gasteiger partial charge in [-0.2, -0.15) is 0 Å². The van der Waals surface area contributed by atoms with Gasteiger partial charge in [0.2, 0.25) is 11.8 Å². The van der Waals surface area contributed by atoms with Gasteiger partial charge in [0.25, 0.3) is 0 Å². The maximum absolute atomic E-state index is 12.2. The van der Waals surface area contributed by atoms with Crippen molar-refractivity contribution in [2.24, 2.45) is 0 Å². The summed E-state index contributed by atoms with van der Waals surface area (Å²) >= 11 is 0. The highest BCUT2D eigenvalue weighted by Gasteiger charge is 2.29. The molecule has 2 heterocycles. The molecule has 2 N–H and O–H groups in total. The molecule has 4 amide bonds. The van der Waals surface area contributed by atoms with Gasteiger partial charge in [0, 0.05) is 37.9 Å². The Balaban J connectivity index is 1.66. The first-order valence-corrected chi connectivity index (χ1v) is 7.71. The third-order valence-corrected chi connectivity index (χ3v) is 4.20. The van der Waals surface area contributed by atoms with Crippen LogP contribution in [0.5, 0.6) is 0 Å². The lowest BCUT2D eigenvalue weighted by molar-refractivity contribution is -0.149. The topological polar surface area (TPSA) is 98.8 Å². The molecule has 1 saturated heterocycles. The zero-order chi connectivity index (χ0) is 17.3. The van der Waals surface area contributed by atoms with E-state index in [1.165, 1.54) is 9.80 Å². The molecule has 0 radical (unpaired) electrons. The number of nitrogens with zero attached hydrogens (tertiary/aromatic N) is 2. The molecule has 0 spiro atoms. The number of aryl methyl sites for hydroxylation is 1. The molecule has 2 aliphatic rings. The SMILES string of the molecule is CN1CCN(C(=O)C(=O)Nc2ccc3c(c2)NC(=O)CC3)CC1=O. The average Bonchev–Trinajstić information content (AvgIpc) is 2.56. The van der Waals surface area contributed by atoms with E-state index in [0.29, 0.717) is 37.3 Å². The monoisotopic (exact) mass is 330 g/mol. The molecule has 0 bridgehead atoms. The number of fused-ring (bicyclic) bond motifs is 1. The van der Waals surface area contributed by atoms with Gasteiger partial charge in [0.05, 0.1) is 0 Å². The standard InChI is InChI=1S/C16H18N4O4/c1-19-6-7-20(9-14(19)22)16(24)15(23)17-11-4-2-10-3-5-13(21)18-12(10)8-11/h2,4,8H,3,5-7,9H2,1H3,(H,17,23)(H,18,21). The zero-order valence-electron chi connectivity index (χ0n) is 13.3. The molecular weight excluding hydrogens is 312 g/mol. The van der Waals surface area contributed by atoms with E-state index in [-0.39, 0.29) is 18.4 Å². The second-order valence-electron chi connectivity index (χ2n) is 5.92. The van der Waals surface area contributed by atoms with E-state index in [4.69, 9.17) is 0 Å². The molecule has 0 unspecified atom stereocenters. The van der Waals surface area contributed by atoms with Gasteiger partial charge >= 0.3 is 11.8 Å². The predicted octanol–water partition coefficient (Wildman–Crippen LogP) is -0.190. The fourth-order valence-corrected chi connectivity index (χ4v) is 2.71. The van der Waals surface area contributed by atoms with E-state index in [1.807, 2.05) is 6.07 Å². The summed E-state index contributed by atoms with van der Waals surface area (Å²) in [6.45, 7) is 0.639. The van der Waals surface area contributed by atoms with Gasteiger partial charge in [-0.3, -0.25) is 19.2 Å². The Morgan fingerprint density at radius 1 is 1.17 bits per heavy atom. The van der Waals surface area contributed by atoms with Gasteiger partial charge in [0.15, 0.2) is 0 Å². The molecule has 0 saturated carbocycles. The van der Waals surface area contributed by atoms with Crippen molar-refractivity contribution in [2.45, 2.75) is 12.8 Å². The first-order chi connectivity index (χ1) is 11.4. The van der Waals surface area contributed by atoms with E-state index in [9.17, 15) is 19.2 Å². The molecule has 8 heteroatoms. The number of anilines is 2. The second-order valence-corrected chi connectivity index (χ2v) is 5.92. The number of hydrogen-bond acceptors (Lipinski definition) is 4. The summed E-state index contributed by atoms with van der Waals surface area (Å²) in [7, 11) is 1.66. The molecule has 1 aromatic rings. The van der Waals surface area contributed by atoms with Crippen LogP contribution in [-0.4, -0.2) is 60.1 Å². The summed E-state index contributed by atoms with van der Waals surface area (Å²) in [5, 5.41) is 5.26. The Bertz CT molecular complexity index is 731. The molecule has 0 aromatic heterocycles. The van der Waals surface area contributed by atoms with Crippen LogP contribution in [0.2, 0.25) is 0 Å². The Labute approximate surface area is 138 Å². The summed E-state index contributed by atoms with van der Waals surface area (Å²) in [4.78, 5) is 50.1. The van der Waals surface area contributed by atoms with Crippen LogP contribution in [0.3, 0.4) is 0 Å². The zero-order valence-corrected chi connectivity index (χ0v) is 13.3. The van der Waals surface area contributed by atoms with Crippen molar-refractivity contribution in [3.8, 4) is 0 Å². The lowest BCUT2D eigenvalue weighted by Gasteiger charge is -2.31. The van der Waals surface area contributed by atoms with Gasteiger partial charge in [0.1, 0.15) is 6.54 Å². The van der Waals surface area contributed by atoms with Crippen LogP contribution < -0.4 is 10.6 Å². The van der Waals surface area contributed by atoms with Crippen LogP contribution in [-0.2, 0) is 25.6 Å². The highest BCUT2D eigenvalue weighted by atomic mass is 16.2. The second kappa shape index (κ2) is 6.31. The van der Waals surface area contributed by atoms with Gasteiger partial charge in [-0.05, 0) is 24.1 Å². The number of amides is 4. The molecular formula is C16H18N4O4. The quantitative estimate of drug-likeness (QED) is 0.697. The van der Waals surface area contributed by atoms with Crippen molar-refractivity contribution in [1.82, 2.24) is 9.80 Å². The largest absolute Gasteiger partial charge is 0.342 e. The van der Waals surface area contributed by atoms with Crippen LogP contribution in [0.15, 0.2) is 18.2 Å². The van der Waals surface area contributed by atoms with E-state index < -0.39 is 11.8 Å². The number of hydrogen-bond donors (Lipinski definition) is 2. The van der Waals surface area contributed by atoms with Crippen LogP contribution in [0, 0.1) is 0 Å². The molecule has 1 fully saturated rings. The van der Waals surface area contributed by atoms with Crippen molar-refractivity contribution < 1.29 is 19.2 Å². The van der Waals surface area contributed by atoms with E-state index in [1.54, 1.807) is 19.2 Å². The molecule has 3 rings (SSSR count). The molecule has 0 aliphatic carbocycles. The summed E-state index contributed by atoms with van der Waals surface area (Å²) in [6.07, 6.45) is 1.09. The molecule has 126 valence electrons. The Morgan fingerprint density at radius 2 is 1.96 bits per heavy atom. The first-order valence-electron chi connectivity index (χ1n) is 7.71. The van der Waals surface area contributed by atoms with Crippen molar-refractivity contribution in [3.05, 3.63) is 23.8 Å². The van der Waals surface area contributed by atoms with Gasteiger partial charge in [-0.15, -0.1) is 0 Å². The van der Waals surface area contributed by atoms with E-state index in [2.05, 4.69) is 10.6 Å². The molecule has 0 atom stereocenters. The Kier molecular flexibility index (Phi) is 4.20. The number of carbonyl (C=O) groups excluding carboxylic acids is 4. The summed E-state index contributed by atoms with van der Waals surface area (Å²) < 4.78 is 0. The fourth-order valence-electron chi connectivity index (χ4n) is 2.71. The molecule has 2 aliphatic heterocycles. The van der Waals surface area contributed by atoms with E-state index >= 15 is 0 Å². The van der Waals surface area contributed by atoms with Crippen LogP contribution in [0.4, 0.5) is 11.4 Å². The number of carbonyl (C=O) groups is 4. The Hall–Kier alpha value is -2.90. The summed E-state index contributed by atoms with van der Waals surface area (Å²) in [5.41, 5.74) is 2.06. The highest BCUT2D eigenvalue weighted by molar-refractivity contribution is 6.39. The Morgan fingerprint density at radius 3 is 2.71 bits per heavy atom. The summed E-state index contributed by atoms with van der Waals surface area (Å²) in [6, 6.07) is 5.14. The normalized spacial score (nSPS) is 17.2. The van der Waals surface area contributed by atoms with Gasteiger partial charge in [-0.25, -0.2) is 0 Å². The summed E-state index contributed by atoms with van der Waals surface area (Å²) in [5.74, 6) is -1.80. The fraction of sp³-hybridized carbons (Fsp3) is 0.375. The minimum atomic E-state index is -0.797. The van der Waals surface area contributed by atoms with Gasteiger partial charge < -0.3 is 20.4 Å². The average molecular weight is 330 g/mol. The van der Waals surface area contributed by atoms with Gasteiger partial charge in [-0.1, -0.05) is 6.07 Å². The van der Waals surface area contributed by atoms with Crippen molar-refractivity contribution in [1.29, 1.82) is 0 Å². The number of likely N-dealkylation sites (N-methyl/N-ethyl adjacent to an activating group) is 1. The number of benzene rings is 1. The smallest absolute Gasteiger partial charge is 0.313 e. The third-order valence-electron chi connectivity index (χ3n) is 4.20. The van der Waals surface area contributed by atoms with E-state index in [0.717, 1.165) is 5.56 Å². The molecule has 24 heavy (non-hydrogen) atoms. The first kappa shape index (κ1) is 16.0. The lowest BCUT2D eigenvalue weighted by Crippen LogP contribution is -2.53. The van der Waals surface area contributed by atoms with Crippen LogP contribution >= 0.6 is 0 Å². The van der Waals surface area contributed by atoms with Crippen molar-refractivity contribution in [3.63, 3.8) is 0 Å². The number of rotatable bonds is 1. The van der Waals surface area contributed by atoms with Crippen molar-refractivity contribution in [2.75, 3.05) is 37.3 Å². The van der Waals surface area contributed by atoms with Crippen LogP contribution in [0.1, 0.15) is 12.0 Å². The third kappa shape index (κ3) is 3.22.